The Balaban J connectivity index is 2.38. The van der Waals surface area contributed by atoms with Crippen molar-refractivity contribution < 1.29 is 13.2 Å². The van der Waals surface area contributed by atoms with Crippen LogP contribution in [0.4, 0.5) is 36.2 Å². The maximum Gasteiger partial charge on any atom is 0.417 e. The smallest absolute Gasteiger partial charge is 0.382 e. The molecule has 0 bridgehead atoms. The SMILES string of the molecule is Cn1nc(N)c(N=Nc2ccc(Cl)c(C(F)(F)F)c2)c1N. The van der Waals surface area contributed by atoms with Crippen LogP contribution in [-0.4, -0.2) is 9.78 Å². The molecule has 0 aliphatic carbocycles. The number of anilines is 2. The molecule has 0 atom stereocenters. The molecular formula is C11H10ClF3N6. The van der Waals surface area contributed by atoms with Crippen LogP contribution in [0.15, 0.2) is 28.4 Å². The van der Waals surface area contributed by atoms with E-state index in [2.05, 4.69) is 15.3 Å². The molecule has 0 saturated carbocycles. The van der Waals surface area contributed by atoms with E-state index in [4.69, 9.17) is 23.1 Å². The number of nitrogen functional groups attached to an aromatic ring is 2. The number of aryl methyl sites for hydroxylation is 1. The molecule has 112 valence electrons. The van der Waals surface area contributed by atoms with Gasteiger partial charge in [0.25, 0.3) is 0 Å². The van der Waals surface area contributed by atoms with Crippen LogP contribution in [0.3, 0.4) is 0 Å². The molecule has 0 fully saturated rings. The van der Waals surface area contributed by atoms with Crippen LogP contribution in [0.1, 0.15) is 5.56 Å². The normalized spacial score (nSPS) is 12.2. The Kier molecular flexibility index (Phi) is 3.77. The second-order valence-electron chi connectivity index (χ2n) is 4.10. The van der Waals surface area contributed by atoms with Crippen molar-refractivity contribution >= 4 is 34.6 Å². The number of nitrogens with zero attached hydrogens (tertiary/aromatic N) is 4. The summed E-state index contributed by atoms with van der Waals surface area (Å²) in [6, 6.07) is 3.17. The van der Waals surface area contributed by atoms with Crippen molar-refractivity contribution in [2.75, 3.05) is 11.5 Å². The molecule has 10 heteroatoms. The van der Waals surface area contributed by atoms with Gasteiger partial charge < -0.3 is 11.5 Å². The first-order valence-corrected chi connectivity index (χ1v) is 5.94. The van der Waals surface area contributed by atoms with E-state index in [-0.39, 0.29) is 23.0 Å². The van der Waals surface area contributed by atoms with Crippen LogP contribution in [0.25, 0.3) is 0 Å². The zero-order valence-corrected chi connectivity index (χ0v) is 11.4. The molecule has 0 spiro atoms. The van der Waals surface area contributed by atoms with Crippen molar-refractivity contribution in [2.45, 2.75) is 6.18 Å². The molecule has 0 aliphatic rings. The average molecular weight is 319 g/mol. The zero-order valence-electron chi connectivity index (χ0n) is 10.7. The standard InChI is InChI=1S/C11H10ClF3N6/c1-21-10(17)8(9(16)20-21)19-18-5-2-3-7(12)6(4-5)11(13,14)15/h2-4H,17H2,1H3,(H2,16,20). The maximum atomic E-state index is 12.7. The van der Waals surface area contributed by atoms with Crippen molar-refractivity contribution in [3.63, 3.8) is 0 Å². The Morgan fingerprint density at radius 2 is 1.90 bits per heavy atom. The zero-order chi connectivity index (χ0) is 15.8. The quantitative estimate of drug-likeness (QED) is 0.827. The molecule has 0 aliphatic heterocycles. The lowest BCUT2D eigenvalue weighted by molar-refractivity contribution is -0.137. The molecule has 6 nitrogen and oxygen atoms in total. The van der Waals surface area contributed by atoms with Gasteiger partial charge in [0.15, 0.2) is 17.3 Å². The second-order valence-corrected chi connectivity index (χ2v) is 4.51. The summed E-state index contributed by atoms with van der Waals surface area (Å²) in [6.07, 6.45) is -4.57. The first kappa shape index (κ1) is 15.1. The van der Waals surface area contributed by atoms with Gasteiger partial charge in [0.05, 0.1) is 16.3 Å². The topological polar surface area (TPSA) is 94.6 Å². The number of rotatable bonds is 2. The van der Waals surface area contributed by atoms with Crippen LogP contribution in [-0.2, 0) is 13.2 Å². The van der Waals surface area contributed by atoms with Gasteiger partial charge in [0, 0.05) is 7.05 Å². The van der Waals surface area contributed by atoms with E-state index in [1.165, 1.54) is 10.7 Å². The largest absolute Gasteiger partial charge is 0.417 e. The monoisotopic (exact) mass is 318 g/mol. The number of aromatic nitrogens is 2. The Morgan fingerprint density at radius 3 is 2.43 bits per heavy atom. The summed E-state index contributed by atoms with van der Waals surface area (Å²) >= 11 is 5.51. The minimum atomic E-state index is -4.57. The predicted octanol–water partition coefficient (Wildman–Crippen LogP) is 3.67. The van der Waals surface area contributed by atoms with Crippen molar-refractivity contribution in [1.82, 2.24) is 9.78 Å². The Hall–Kier alpha value is -2.29. The number of hydrogen-bond donors (Lipinski definition) is 2. The third-order valence-corrected chi connectivity index (χ3v) is 2.94. The van der Waals surface area contributed by atoms with Crippen molar-refractivity contribution in [1.29, 1.82) is 0 Å². The Morgan fingerprint density at radius 1 is 1.24 bits per heavy atom. The Bertz CT molecular complexity index is 707. The fourth-order valence-electron chi connectivity index (χ4n) is 1.55. The molecule has 0 radical (unpaired) electrons. The van der Waals surface area contributed by atoms with Gasteiger partial charge in [-0.15, -0.1) is 5.11 Å². The minimum Gasteiger partial charge on any atom is -0.382 e. The van der Waals surface area contributed by atoms with Gasteiger partial charge >= 0.3 is 6.18 Å². The van der Waals surface area contributed by atoms with Gasteiger partial charge in [-0.25, -0.2) is 4.68 Å². The van der Waals surface area contributed by atoms with Crippen molar-refractivity contribution in [3.05, 3.63) is 28.8 Å². The summed E-state index contributed by atoms with van der Waals surface area (Å²) < 4.78 is 39.4. The lowest BCUT2D eigenvalue weighted by Crippen LogP contribution is -2.05. The molecule has 1 aromatic heterocycles. The van der Waals surface area contributed by atoms with Gasteiger partial charge in [-0.2, -0.15) is 23.4 Å². The molecule has 0 saturated heterocycles. The number of halogens is 4. The second kappa shape index (κ2) is 5.24. The van der Waals surface area contributed by atoms with E-state index in [1.807, 2.05) is 0 Å². The summed E-state index contributed by atoms with van der Waals surface area (Å²) in [6.45, 7) is 0. The highest BCUT2D eigenvalue weighted by molar-refractivity contribution is 6.31. The Labute approximate surface area is 122 Å². The highest BCUT2D eigenvalue weighted by atomic mass is 35.5. The number of hydrogen-bond acceptors (Lipinski definition) is 5. The predicted molar refractivity (Wildman–Crippen MR) is 72.7 cm³/mol. The first-order chi connectivity index (χ1) is 9.70. The lowest BCUT2D eigenvalue weighted by atomic mass is 10.2. The first-order valence-electron chi connectivity index (χ1n) is 5.56. The molecule has 21 heavy (non-hydrogen) atoms. The third-order valence-electron chi connectivity index (χ3n) is 2.61. The third kappa shape index (κ3) is 3.07. The van der Waals surface area contributed by atoms with Crippen LogP contribution < -0.4 is 11.5 Å². The molecule has 2 aromatic rings. The van der Waals surface area contributed by atoms with Crippen molar-refractivity contribution in [3.8, 4) is 0 Å². The van der Waals surface area contributed by atoms with Gasteiger partial charge in [-0.3, -0.25) is 0 Å². The fourth-order valence-corrected chi connectivity index (χ4v) is 1.77. The van der Waals surface area contributed by atoms with E-state index < -0.39 is 16.8 Å². The van der Waals surface area contributed by atoms with Gasteiger partial charge in [-0.05, 0) is 18.2 Å². The van der Waals surface area contributed by atoms with Gasteiger partial charge in [-0.1, -0.05) is 11.6 Å². The number of nitrogens with two attached hydrogens (primary N) is 2. The van der Waals surface area contributed by atoms with Crippen LogP contribution in [0.5, 0.6) is 0 Å². The molecule has 2 rings (SSSR count). The van der Waals surface area contributed by atoms with E-state index >= 15 is 0 Å². The van der Waals surface area contributed by atoms with Crippen LogP contribution in [0.2, 0.25) is 5.02 Å². The van der Waals surface area contributed by atoms with Gasteiger partial charge in [0.2, 0.25) is 0 Å². The molecule has 1 aromatic carbocycles. The summed E-state index contributed by atoms with van der Waals surface area (Å²) in [5.74, 6) is 0.185. The molecule has 0 unspecified atom stereocenters. The molecule has 4 N–H and O–H groups in total. The highest BCUT2D eigenvalue weighted by Crippen LogP contribution is 2.37. The van der Waals surface area contributed by atoms with Crippen LogP contribution in [0, 0.1) is 0 Å². The summed E-state index contributed by atoms with van der Waals surface area (Å²) in [5.41, 5.74) is 10.3. The summed E-state index contributed by atoms with van der Waals surface area (Å²) in [5, 5.41) is 10.8. The number of azo groups is 1. The highest BCUT2D eigenvalue weighted by Gasteiger charge is 2.33. The van der Waals surface area contributed by atoms with E-state index in [9.17, 15) is 13.2 Å². The fraction of sp³-hybridized carbons (Fsp3) is 0.182. The molecular weight excluding hydrogens is 309 g/mol. The summed E-state index contributed by atoms with van der Waals surface area (Å²) in [7, 11) is 1.55. The summed E-state index contributed by atoms with van der Waals surface area (Å²) in [4.78, 5) is 0. The van der Waals surface area contributed by atoms with E-state index in [1.54, 1.807) is 7.05 Å². The molecule has 1 heterocycles. The number of alkyl halides is 3. The lowest BCUT2D eigenvalue weighted by Gasteiger charge is -2.08. The minimum absolute atomic E-state index is 0.0313. The van der Waals surface area contributed by atoms with Crippen LogP contribution >= 0.6 is 11.6 Å². The maximum absolute atomic E-state index is 12.7. The number of benzene rings is 1. The van der Waals surface area contributed by atoms with Crippen molar-refractivity contribution in [2.24, 2.45) is 17.3 Å². The van der Waals surface area contributed by atoms with Gasteiger partial charge in [0.1, 0.15) is 0 Å². The average Bonchev–Trinajstić information content (AvgIpc) is 2.61. The molecule has 0 amide bonds. The van der Waals surface area contributed by atoms with E-state index in [0.717, 1.165) is 12.1 Å². The van der Waals surface area contributed by atoms with E-state index in [0.29, 0.717) is 0 Å².